The fourth-order valence-electron chi connectivity index (χ4n) is 3.45. The molecule has 1 amide bonds. The molecule has 0 fully saturated rings. The molecule has 0 bridgehead atoms. The van der Waals surface area contributed by atoms with E-state index in [1.54, 1.807) is 24.7 Å². The van der Waals surface area contributed by atoms with Crippen molar-refractivity contribution in [1.29, 1.82) is 0 Å². The quantitative estimate of drug-likeness (QED) is 0.389. The molecule has 180 valence electrons. The van der Waals surface area contributed by atoms with Crippen LogP contribution >= 0.6 is 0 Å². The molecule has 35 heavy (non-hydrogen) atoms. The molecule has 2 aromatic carbocycles. The molecule has 2 heterocycles. The highest BCUT2D eigenvalue weighted by atomic mass is 19.4. The molecular weight excluding hydrogens is 463 g/mol. The highest BCUT2D eigenvalue weighted by Crippen LogP contribution is 2.34. The van der Waals surface area contributed by atoms with Gasteiger partial charge in [-0.25, -0.2) is 14.5 Å². The summed E-state index contributed by atoms with van der Waals surface area (Å²) < 4.78 is 48.5. The molecule has 0 saturated heterocycles. The van der Waals surface area contributed by atoms with Gasteiger partial charge in [-0.3, -0.25) is 4.79 Å². The molecule has 4 aromatic rings. The number of rotatable bonds is 7. The van der Waals surface area contributed by atoms with E-state index in [0.717, 1.165) is 11.8 Å². The molecule has 11 heteroatoms. The third-order valence-corrected chi connectivity index (χ3v) is 5.02. The molecule has 0 spiro atoms. The minimum atomic E-state index is -4.86. The van der Waals surface area contributed by atoms with Crippen LogP contribution in [0, 0.1) is 0 Å². The zero-order valence-corrected chi connectivity index (χ0v) is 18.5. The Balaban J connectivity index is 1.55. The summed E-state index contributed by atoms with van der Waals surface area (Å²) in [5.74, 6) is -1.55. The predicted molar refractivity (Wildman–Crippen MR) is 120 cm³/mol. The normalized spacial score (nSPS) is 11.3. The van der Waals surface area contributed by atoms with Crippen molar-refractivity contribution in [3.8, 4) is 5.69 Å². The number of nitrogens with one attached hydrogen (secondary N) is 1. The van der Waals surface area contributed by atoms with Crippen LogP contribution in [0.25, 0.3) is 5.69 Å². The molecule has 0 atom stereocenters. The van der Waals surface area contributed by atoms with Crippen molar-refractivity contribution >= 4 is 17.6 Å². The molecule has 0 aliphatic carbocycles. The summed E-state index contributed by atoms with van der Waals surface area (Å²) in [5.41, 5.74) is -0.322. The Morgan fingerprint density at radius 2 is 1.89 bits per heavy atom. The van der Waals surface area contributed by atoms with Crippen molar-refractivity contribution < 1.29 is 27.5 Å². The van der Waals surface area contributed by atoms with E-state index in [-0.39, 0.29) is 18.0 Å². The van der Waals surface area contributed by atoms with Crippen LogP contribution in [-0.2, 0) is 17.5 Å². The van der Waals surface area contributed by atoms with E-state index in [2.05, 4.69) is 15.4 Å². The van der Waals surface area contributed by atoms with Crippen LogP contribution in [0.15, 0.2) is 73.4 Å². The number of aromatic nitrogens is 4. The summed E-state index contributed by atoms with van der Waals surface area (Å²) >= 11 is 0. The van der Waals surface area contributed by atoms with Gasteiger partial charge in [-0.1, -0.05) is 18.2 Å². The zero-order valence-electron chi connectivity index (χ0n) is 18.5. The highest BCUT2D eigenvalue weighted by molar-refractivity contribution is 6.04. The molecular formula is C24H20F3N5O3. The summed E-state index contributed by atoms with van der Waals surface area (Å²) in [6.45, 7) is 2.02. The van der Waals surface area contributed by atoms with Crippen LogP contribution in [0.4, 0.5) is 18.9 Å². The number of anilines is 1. The number of ether oxygens (including phenoxy) is 1. The Hall–Kier alpha value is -4.41. The Labute approximate surface area is 198 Å². The average Bonchev–Trinajstić information content (AvgIpc) is 3.50. The lowest BCUT2D eigenvalue weighted by molar-refractivity contribution is -0.143. The number of alkyl halides is 3. The van der Waals surface area contributed by atoms with E-state index in [1.165, 1.54) is 31.2 Å². The van der Waals surface area contributed by atoms with Crippen molar-refractivity contribution in [1.82, 2.24) is 19.3 Å². The number of imidazole rings is 1. The van der Waals surface area contributed by atoms with Crippen LogP contribution < -0.4 is 5.32 Å². The minimum absolute atomic E-state index is 0.0151. The monoisotopic (exact) mass is 483 g/mol. The van der Waals surface area contributed by atoms with Crippen molar-refractivity contribution in [2.24, 2.45) is 0 Å². The summed E-state index contributed by atoms with van der Waals surface area (Å²) in [7, 11) is 0. The lowest BCUT2D eigenvalue weighted by Crippen LogP contribution is -2.18. The second kappa shape index (κ2) is 9.84. The number of carbonyl (C=O) groups excluding carboxylic acids is 2. The Morgan fingerprint density at radius 3 is 2.54 bits per heavy atom. The van der Waals surface area contributed by atoms with Crippen LogP contribution in [0.2, 0.25) is 0 Å². The lowest BCUT2D eigenvalue weighted by Gasteiger charge is -2.13. The van der Waals surface area contributed by atoms with Gasteiger partial charge in [-0.05, 0) is 42.8 Å². The van der Waals surface area contributed by atoms with Gasteiger partial charge in [-0.2, -0.15) is 18.3 Å². The summed E-state index contributed by atoms with van der Waals surface area (Å²) in [5, 5.41) is 6.42. The van der Waals surface area contributed by atoms with Gasteiger partial charge in [0.05, 0.1) is 24.8 Å². The van der Waals surface area contributed by atoms with Gasteiger partial charge >= 0.3 is 12.1 Å². The van der Waals surface area contributed by atoms with Gasteiger partial charge < -0.3 is 14.6 Å². The van der Waals surface area contributed by atoms with Crippen molar-refractivity contribution in [2.75, 3.05) is 11.9 Å². The first kappa shape index (κ1) is 23.7. The first-order chi connectivity index (χ1) is 16.8. The number of hydrogen-bond donors (Lipinski definition) is 1. The fraction of sp³-hybridized carbons (Fsp3) is 0.167. The van der Waals surface area contributed by atoms with E-state index in [0.29, 0.717) is 16.8 Å². The number of carbonyl (C=O) groups is 2. The first-order valence-electron chi connectivity index (χ1n) is 10.5. The van der Waals surface area contributed by atoms with Gasteiger partial charge in [-0.15, -0.1) is 0 Å². The number of hydrogen-bond acceptors (Lipinski definition) is 5. The third-order valence-electron chi connectivity index (χ3n) is 5.02. The number of amides is 1. The summed E-state index contributed by atoms with van der Waals surface area (Å²) in [4.78, 5) is 28.7. The van der Waals surface area contributed by atoms with Gasteiger partial charge in [0.15, 0.2) is 5.69 Å². The van der Waals surface area contributed by atoms with Crippen LogP contribution in [0.5, 0.6) is 0 Å². The highest BCUT2D eigenvalue weighted by Gasteiger charge is 2.41. The SMILES string of the molecule is CCOC(=O)c1cnn(-c2cccc(NC(=O)c3ccc(Cn4ccnc4)cc3)c2)c1C(F)(F)F. The van der Waals surface area contributed by atoms with Crippen LogP contribution in [0.3, 0.4) is 0 Å². The van der Waals surface area contributed by atoms with Crippen LogP contribution in [0.1, 0.15) is 38.9 Å². The van der Waals surface area contributed by atoms with Gasteiger partial charge in [0, 0.05) is 30.2 Å². The van der Waals surface area contributed by atoms with Crippen molar-refractivity contribution in [3.05, 3.63) is 95.8 Å². The molecule has 2 aromatic heterocycles. The smallest absolute Gasteiger partial charge is 0.434 e. The summed E-state index contributed by atoms with van der Waals surface area (Å²) in [6, 6.07) is 12.7. The average molecular weight is 483 g/mol. The number of halogens is 3. The number of benzene rings is 2. The van der Waals surface area contributed by atoms with Crippen molar-refractivity contribution in [3.63, 3.8) is 0 Å². The van der Waals surface area contributed by atoms with Gasteiger partial charge in [0.1, 0.15) is 5.56 Å². The topological polar surface area (TPSA) is 91.0 Å². The third kappa shape index (κ3) is 5.40. The molecule has 0 radical (unpaired) electrons. The van der Waals surface area contributed by atoms with Gasteiger partial charge in [0.25, 0.3) is 5.91 Å². The summed E-state index contributed by atoms with van der Waals surface area (Å²) in [6.07, 6.45) is 1.14. The molecule has 0 unspecified atom stereocenters. The Kier molecular flexibility index (Phi) is 6.67. The van der Waals surface area contributed by atoms with E-state index in [4.69, 9.17) is 4.74 Å². The van der Waals surface area contributed by atoms with E-state index >= 15 is 0 Å². The van der Waals surface area contributed by atoms with E-state index in [9.17, 15) is 22.8 Å². The molecule has 0 saturated carbocycles. The Bertz CT molecular complexity index is 1330. The molecule has 8 nitrogen and oxygen atoms in total. The van der Waals surface area contributed by atoms with Crippen LogP contribution in [-0.4, -0.2) is 37.8 Å². The zero-order chi connectivity index (χ0) is 25.0. The maximum absolute atomic E-state index is 13.8. The number of esters is 1. The standard InChI is InChI=1S/C24H20F3N5O3/c1-2-35-23(34)20-13-29-32(21(20)24(25,26)27)19-5-3-4-18(12-19)30-22(33)17-8-6-16(7-9-17)14-31-11-10-28-15-31/h3-13,15H,2,14H2,1H3,(H,30,33). The lowest BCUT2D eigenvalue weighted by atomic mass is 10.1. The largest absolute Gasteiger partial charge is 0.462 e. The maximum atomic E-state index is 13.8. The maximum Gasteiger partial charge on any atom is 0.434 e. The second-order valence-corrected chi connectivity index (χ2v) is 7.47. The second-order valence-electron chi connectivity index (χ2n) is 7.47. The molecule has 0 aliphatic rings. The first-order valence-corrected chi connectivity index (χ1v) is 10.5. The molecule has 1 N–H and O–H groups in total. The predicted octanol–water partition coefficient (Wildman–Crippen LogP) is 4.56. The minimum Gasteiger partial charge on any atom is -0.462 e. The van der Waals surface area contributed by atoms with E-state index < -0.39 is 29.3 Å². The molecule has 0 aliphatic heterocycles. The van der Waals surface area contributed by atoms with Crippen molar-refractivity contribution in [2.45, 2.75) is 19.6 Å². The van der Waals surface area contributed by atoms with E-state index in [1.807, 2.05) is 22.9 Å². The Morgan fingerprint density at radius 1 is 1.11 bits per heavy atom. The molecule has 4 rings (SSSR count). The van der Waals surface area contributed by atoms with Gasteiger partial charge in [0.2, 0.25) is 0 Å². The fourth-order valence-corrected chi connectivity index (χ4v) is 3.45. The number of nitrogens with zero attached hydrogens (tertiary/aromatic N) is 4.